The van der Waals surface area contributed by atoms with Crippen molar-refractivity contribution < 1.29 is 0 Å². The number of thiophene rings is 1. The maximum atomic E-state index is 6.12. The van der Waals surface area contributed by atoms with Crippen LogP contribution in [-0.4, -0.2) is 0 Å². The highest BCUT2D eigenvalue weighted by molar-refractivity contribution is 9.11. The summed E-state index contributed by atoms with van der Waals surface area (Å²) >= 11 is 5.16. The predicted octanol–water partition coefficient (Wildman–Crippen LogP) is 2.85. The van der Waals surface area contributed by atoms with E-state index >= 15 is 0 Å². The third-order valence-electron chi connectivity index (χ3n) is 2.39. The largest absolute Gasteiger partial charge is 0.321 e. The van der Waals surface area contributed by atoms with Gasteiger partial charge in [-0.05, 0) is 52.2 Å². The molecule has 0 spiro atoms. The number of hydrogen-bond acceptors (Lipinski definition) is 2. The Hall–Kier alpha value is 0.140. The smallest absolute Gasteiger partial charge is 0.0701 e. The van der Waals surface area contributed by atoms with Crippen molar-refractivity contribution >= 4 is 27.3 Å². The van der Waals surface area contributed by atoms with Crippen LogP contribution >= 0.6 is 27.3 Å². The summed E-state index contributed by atoms with van der Waals surface area (Å²) in [6, 6.07) is 2.14. The first kappa shape index (κ1) is 7.77. The Morgan fingerprint density at radius 3 is 2.64 bits per heavy atom. The zero-order valence-electron chi connectivity index (χ0n) is 6.14. The molecule has 0 aromatic carbocycles. The highest BCUT2D eigenvalue weighted by Gasteiger charge is 2.34. The molecule has 0 saturated heterocycles. The molecule has 60 valence electrons. The van der Waals surface area contributed by atoms with Crippen molar-refractivity contribution in [2.45, 2.75) is 24.8 Å². The molecule has 1 aromatic heterocycles. The van der Waals surface area contributed by atoms with E-state index in [1.807, 2.05) is 0 Å². The number of nitrogens with two attached hydrogens (primary N) is 1. The van der Waals surface area contributed by atoms with Gasteiger partial charge in [-0.25, -0.2) is 0 Å². The van der Waals surface area contributed by atoms with Crippen LogP contribution in [0.3, 0.4) is 0 Å². The van der Waals surface area contributed by atoms with Gasteiger partial charge in [0.05, 0.1) is 3.79 Å². The van der Waals surface area contributed by atoms with Crippen molar-refractivity contribution in [3.05, 3.63) is 20.8 Å². The van der Waals surface area contributed by atoms with Crippen molar-refractivity contribution in [2.24, 2.45) is 5.73 Å². The molecular formula is C8H10BrNS. The van der Waals surface area contributed by atoms with Gasteiger partial charge in [-0.15, -0.1) is 11.3 Å². The van der Waals surface area contributed by atoms with Gasteiger partial charge in [-0.3, -0.25) is 0 Å². The molecule has 1 nitrogen and oxygen atoms in total. The molecule has 2 N–H and O–H groups in total. The molecule has 0 radical (unpaired) electrons. The fourth-order valence-electron chi connectivity index (χ4n) is 1.42. The second-order valence-electron chi connectivity index (χ2n) is 3.15. The average Bonchev–Trinajstić information content (AvgIpc) is 2.31. The third-order valence-corrected chi connectivity index (χ3v) is 3.89. The zero-order chi connectivity index (χ0) is 7.90. The molecule has 2 rings (SSSR count). The van der Waals surface area contributed by atoms with Gasteiger partial charge >= 0.3 is 0 Å². The van der Waals surface area contributed by atoms with Crippen LogP contribution in [0, 0.1) is 0 Å². The lowest BCUT2D eigenvalue weighted by Gasteiger charge is -2.37. The van der Waals surface area contributed by atoms with Crippen LogP contribution in [0.4, 0.5) is 0 Å². The van der Waals surface area contributed by atoms with E-state index in [0.29, 0.717) is 0 Å². The summed E-state index contributed by atoms with van der Waals surface area (Å²) in [6.07, 6.45) is 3.58. The van der Waals surface area contributed by atoms with Crippen LogP contribution < -0.4 is 5.73 Å². The highest BCUT2D eigenvalue weighted by atomic mass is 79.9. The molecule has 1 heterocycles. The molecular weight excluding hydrogens is 222 g/mol. The first-order valence-corrected chi connectivity index (χ1v) is 5.41. The first-order valence-electron chi connectivity index (χ1n) is 3.74. The molecule has 0 unspecified atom stereocenters. The van der Waals surface area contributed by atoms with E-state index in [9.17, 15) is 0 Å². The number of hydrogen-bond donors (Lipinski definition) is 1. The summed E-state index contributed by atoms with van der Waals surface area (Å²) in [5.41, 5.74) is 7.45. The molecule has 0 atom stereocenters. The summed E-state index contributed by atoms with van der Waals surface area (Å²) in [7, 11) is 0. The van der Waals surface area contributed by atoms with Crippen molar-refractivity contribution in [3.63, 3.8) is 0 Å². The normalized spacial score (nSPS) is 21.3. The molecule has 0 bridgehead atoms. The molecule has 1 saturated carbocycles. The fraction of sp³-hybridized carbons (Fsp3) is 0.500. The van der Waals surface area contributed by atoms with Crippen molar-refractivity contribution in [3.8, 4) is 0 Å². The molecule has 0 aliphatic heterocycles. The van der Waals surface area contributed by atoms with Crippen LogP contribution in [0.5, 0.6) is 0 Å². The van der Waals surface area contributed by atoms with Gasteiger partial charge in [0, 0.05) is 5.54 Å². The Kier molecular flexibility index (Phi) is 1.82. The van der Waals surface area contributed by atoms with Crippen LogP contribution in [0.25, 0.3) is 0 Å². The number of rotatable bonds is 1. The minimum Gasteiger partial charge on any atom is -0.321 e. The molecule has 11 heavy (non-hydrogen) atoms. The third kappa shape index (κ3) is 1.25. The van der Waals surface area contributed by atoms with Gasteiger partial charge in [-0.1, -0.05) is 0 Å². The van der Waals surface area contributed by atoms with Gasteiger partial charge in [0.25, 0.3) is 0 Å². The van der Waals surface area contributed by atoms with E-state index in [-0.39, 0.29) is 5.54 Å². The Morgan fingerprint density at radius 2 is 2.27 bits per heavy atom. The van der Waals surface area contributed by atoms with Gasteiger partial charge in [0.15, 0.2) is 0 Å². The van der Waals surface area contributed by atoms with Crippen LogP contribution in [-0.2, 0) is 5.54 Å². The minimum atomic E-state index is 0.0164. The highest BCUT2D eigenvalue weighted by Crippen LogP contribution is 2.41. The van der Waals surface area contributed by atoms with Gasteiger partial charge in [-0.2, -0.15) is 0 Å². The van der Waals surface area contributed by atoms with E-state index in [1.165, 1.54) is 15.8 Å². The van der Waals surface area contributed by atoms with E-state index < -0.39 is 0 Å². The average molecular weight is 232 g/mol. The number of halogens is 1. The van der Waals surface area contributed by atoms with E-state index in [2.05, 4.69) is 27.4 Å². The summed E-state index contributed by atoms with van der Waals surface area (Å²) in [6.45, 7) is 0. The van der Waals surface area contributed by atoms with Gasteiger partial charge in [0.2, 0.25) is 0 Å². The second kappa shape index (κ2) is 2.57. The topological polar surface area (TPSA) is 26.0 Å². The maximum Gasteiger partial charge on any atom is 0.0701 e. The summed E-state index contributed by atoms with van der Waals surface area (Å²) < 4.78 is 1.18. The van der Waals surface area contributed by atoms with Crippen LogP contribution in [0.1, 0.15) is 24.8 Å². The first-order chi connectivity index (χ1) is 5.21. The standard InChI is InChI=1S/C8H10BrNS/c9-7-4-6(5-11-7)8(10)2-1-3-8/h4-5H,1-3,10H2. The summed E-state index contributed by atoms with van der Waals surface area (Å²) in [5.74, 6) is 0. The lowest BCUT2D eigenvalue weighted by atomic mass is 9.74. The quantitative estimate of drug-likeness (QED) is 0.791. The molecule has 1 aliphatic carbocycles. The van der Waals surface area contributed by atoms with Crippen molar-refractivity contribution in [1.82, 2.24) is 0 Å². The Morgan fingerprint density at radius 1 is 1.55 bits per heavy atom. The van der Waals surface area contributed by atoms with E-state index in [1.54, 1.807) is 11.3 Å². The van der Waals surface area contributed by atoms with Gasteiger partial charge in [0.1, 0.15) is 0 Å². The van der Waals surface area contributed by atoms with Crippen molar-refractivity contribution in [2.75, 3.05) is 0 Å². The lowest BCUT2D eigenvalue weighted by Crippen LogP contribution is -2.42. The monoisotopic (exact) mass is 231 g/mol. The summed E-state index contributed by atoms with van der Waals surface area (Å²) in [4.78, 5) is 0. The van der Waals surface area contributed by atoms with Crippen molar-refractivity contribution in [1.29, 1.82) is 0 Å². The lowest BCUT2D eigenvalue weighted by molar-refractivity contribution is 0.254. The molecule has 1 aliphatic rings. The molecule has 3 heteroatoms. The molecule has 0 amide bonds. The second-order valence-corrected chi connectivity index (χ2v) is 5.44. The maximum absolute atomic E-state index is 6.12. The molecule has 1 aromatic rings. The zero-order valence-corrected chi connectivity index (χ0v) is 8.54. The fourth-order valence-corrected chi connectivity index (χ4v) is 2.68. The predicted molar refractivity (Wildman–Crippen MR) is 51.7 cm³/mol. The Bertz CT molecular complexity index is 265. The van der Waals surface area contributed by atoms with Crippen LogP contribution in [0.15, 0.2) is 15.2 Å². The van der Waals surface area contributed by atoms with Crippen LogP contribution in [0.2, 0.25) is 0 Å². The summed E-state index contributed by atoms with van der Waals surface area (Å²) in [5, 5.41) is 2.16. The Labute approximate surface area is 78.7 Å². The Balaban J connectivity index is 2.28. The minimum absolute atomic E-state index is 0.0164. The SMILES string of the molecule is NC1(c2csc(Br)c2)CCC1. The van der Waals surface area contributed by atoms with E-state index in [4.69, 9.17) is 5.73 Å². The molecule has 1 fully saturated rings. The van der Waals surface area contributed by atoms with Gasteiger partial charge < -0.3 is 5.73 Å². The van der Waals surface area contributed by atoms with E-state index in [0.717, 1.165) is 12.8 Å².